The highest BCUT2D eigenvalue weighted by Gasteiger charge is 2.17. The van der Waals surface area contributed by atoms with E-state index in [-0.39, 0.29) is 17.0 Å². The Hall–Kier alpha value is -3.39. The molecule has 0 heterocycles. The minimum absolute atomic E-state index is 0.113. The predicted molar refractivity (Wildman–Crippen MR) is 69.8 cm³/mol. The molecule has 0 aliphatic heterocycles. The maximum absolute atomic E-state index is 11.0. The first-order chi connectivity index (χ1) is 10.0. The largest absolute Gasteiger partial charge is 0.475 e. The van der Waals surface area contributed by atoms with Crippen molar-refractivity contribution in [3.8, 4) is 17.9 Å². The normalized spacial score (nSPS) is 8.90. The van der Waals surface area contributed by atoms with Crippen molar-refractivity contribution < 1.29 is 19.2 Å². The number of rotatable bonds is 5. The second-order valence-electron chi connectivity index (χ2n) is 3.63. The van der Waals surface area contributed by atoms with Gasteiger partial charge in [-0.1, -0.05) is 6.07 Å². The Balaban J connectivity index is 3.12. The molecule has 0 saturated heterocycles. The van der Waals surface area contributed by atoms with Gasteiger partial charge in [-0.25, -0.2) is 4.79 Å². The quantitative estimate of drug-likeness (QED) is 0.348. The first-order valence-corrected chi connectivity index (χ1v) is 5.51. The van der Waals surface area contributed by atoms with Crippen LogP contribution in [0.4, 0.5) is 5.69 Å². The summed E-state index contributed by atoms with van der Waals surface area (Å²) in [6.45, 7) is -0.464. The maximum Gasteiger partial charge on any atom is 0.343 e. The molecule has 106 valence electrons. The molecule has 0 aliphatic rings. The van der Waals surface area contributed by atoms with E-state index in [4.69, 9.17) is 15.3 Å². The van der Waals surface area contributed by atoms with E-state index < -0.39 is 17.5 Å². The fourth-order valence-electron chi connectivity index (χ4n) is 1.34. The van der Waals surface area contributed by atoms with Crippen LogP contribution in [0.3, 0.4) is 0 Å². The molecular weight excluding hydrogens is 278 g/mol. The Kier molecular flexibility index (Phi) is 5.42. The molecule has 0 amide bonds. The van der Waals surface area contributed by atoms with Gasteiger partial charge in [-0.2, -0.15) is 10.5 Å². The molecule has 0 radical (unpaired) electrons. The van der Waals surface area contributed by atoms with Crippen LogP contribution in [0.5, 0.6) is 5.75 Å². The molecule has 0 aliphatic carbocycles. The summed E-state index contributed by atoms with van der Waals surface area (Å²) in [4.78, 5) is 21.2. The standard InChI is InChI=1S/C13H9N3O5/c1-20-13(17)8-21-12-3-2-9(4-10(6-14)7-15)5-11(12)16(18)19/h2-5H,8H2,1H3. The average molecular weight is 287 g/mol. The summed E-state index contributed by atoms with van der Waals surface area (Å²) >= 11 is 0. The molecule has 0 bridgehead atoms. The first-order valence-electron chi connectivity index (χ1n) is 5.51. The Bertz CT molecular complexity index is 666. The number of hydrogen-bond acceptors (Lipinski definition) is 7. The summed E-state index contributed by atoms with van der Waals surface area (Å²) in [6.07, 6.45) is 1.21. The van der Waals surface area contributed by atoms with E-state index in [0.29, 0.717) is 5.56 Å². The Morgan fingerprint density at radius 1 is 1.43 bits per heavy atom. The molecule has 0 atom stereocenters. The number of nitriles is 2. The number of methoxy groups -OCH3 is 1. The molecule has 1 aromatic rings. The lowest BCUT2D eigenvalue weighted by atomic mass is 10.1. The number of benzene rings is 1. The van der Waals surface area contributed by atoms with E-state index in [0.717, 1.165) is 6.07 Å². The Morgan fingerprint density at radius 2 is 2.10 bits per heavy atom. The van der Waals surface area contributed by atoms with Gasteiger partial charge in [0.25, 0.3) is 0 Å². The molecule has 0 spiro atoms. The van der Waals surface area contributed by atoms with E-state index in [1.165, 1.54) is 25.3 Å². The molecule has 8 nitrogen and oxygen atoms in total. The van der Waals surface area contributed by atoms with Crippen molar-refractivity contribution >= 4 is 17.7 Å². The summed E-state index contributed by atoms with van der Waals surface area (Å²) in [5.41, 5.74) is -0.277. The summed E-state index contributed by atoms with van der Waals surface area (Å²) in [7, 11) is 1.17. The first kappa shape index (κ1) is 15.7. The highest BCUT2D eigenvalue weighted by atomic mass is 16.6. The molecule has 1 aromatic carbocycles. The summed E-state index contributed by atoms with van der Waals surface area (Å²) in [6, 6.07) is 7.14. The van der Waals surface area contributed by atoms with E-state index in [1.807, 2.05) is 0 Å². The number of ether oxygens (including phenoxy) is 2. The minimum Gasteiger partial charge on any atom is -0.475 e. The third-order valence-electron chi connectivity index (χ3n) is 2.30. The van der Waals surface area contributed by atoms with Crippen molar-refractivity contribution in [2.24, 2.45) is 0 Å². The fourth-order valence-corrected chi connectivity index (χ4v) is 1.34. The van der Waals surface area contributed by atoms with Crippen LogP contribution in [0.25, 0.3) is 6.08 Å². The van der Waals surface area contributed by atoms with Crippen molar-refractivity contribution in [2.75, 3.05) is 13.7 Å². The second-order valence-corrected chi connectivity index (χ2v) is 3.63. The van der Waals surface area contributed by atoms with Crippen LogP contribution < -0.4 is 4.74 Å². The molecule has 8 heteroatoms. The van der Waals surface area contributed by atoms with E-state index in [9.17, 15) is 14.9 Å². The summed E-state index contributed by atoms with van der Waals surface area (Å²) in [5, 5.41) is 28.3. The lowest BCUT2D eigenvalue weighted by molar-refractivity contribution is -0.385. The topological polar surface area (TPSA) is 126 Å². The summed E-state index contributed by atoms with van der Waals surface area (Å²) in [5.74, 6) is -0.789. The lowest BCUT2D eigenvalue weighted by Crippen LogP contribution is -2.13. The van der Waals surface area contributed by atoms with Crippen LogP contribution in [0, 0.1) is 32.8 Å². The van der Waals surface area contributed by atoms with Gasteiger partial charge >= 0.3 is 11.7 Å². The van der Waals surface area contributed by atoms with Gasteiger partial charge in [-0.05, 0) is 17.7 Å². The zero-order valence-corrected chi connectivity index (χ0v) is 10.9. The van der Waals surface area contributed by atoms with Gasteiger partial charge in [0.05, 0.1) is 12.0 Å². The Morgan fingerprint density at radius 3 is 2.62 bits per heavy atom. The van der Waals surface area contributed by atoms with Gasteiger partial charge in [0, 0.05) is 6.07 Å². The second kappa shape index (κ2) is 7.26. The lowest BCUT2D eigenvalue weighted by Gasteiger charge is -2.06. The fraction of sp³-hybridized carbons (Fsp3) is 0.154. The molecule has 0 saturated carbocycles. The number of esters is 1. The zero-order valence-electron chi connectivity index (χ0n) is 10.9. The van der Waals surface area contributed by atoms with Gasteiger partial charge in [0.15, 0.2) is 12.4 Å². The maximum atomic E-state index is 11.0. The third-order valence-corrected chi connectivity index (χ3v) is 2.30. The van der Waals surface area contributed by atoms with Gasteiger partial charge in [0.1, 0.15) is 17.7 Å². The molecule has 0 fully saturated rings. The number of carbonyl (C=O) groups is 1. The minimum atomic E-state index is -0.692. The number of allylic oxidation sites excluding steroid dienone is 1. The molecule has 1 rings (SSSR count). The van der Waals surface area contributed by atoms with Gasteiger partial charge in [-0.15, -0.1) is 0 Å². The van der Waals surface area contributed by atoms with Gasteiger partial charge < -0.3 is 9.47 Å². The highest BCUT2D eigenvalue weighted by Crippen LogP contribution is 2.28. The number of hydrogen-bond donors (Lipinski definition) is 0. The third kappa shape index (κ3) is 4.33. The molecule has 0 aromatic heterocycles. The van der Waals surface area contributed by atoms with Crippen molar-refractivity contribution in [1.29, 1.82) is 10.5 Å². The number of nitro groups is 1. The van der Waals surface area contributed by atoms with Gasteiger partial charge in [-0.3, -0.25) is 10.1 Å². The van der Waals surface area contributed by atoms with Crippen molar-refractivity contribution in [3.05, 3.63) is 39.4 Å². The van der Waals surface area contributed by atoms with Crippen molar-refractivity contribution in [1.82, 2.24) is 0 Å². The van der Waals surface area contributed by atoms with Crippen molar-refractivity contribution in [2.45, 2.75) is 0 Å². The van der Waals surface area contributed by atoms with Gasteiger partial charge in [0.2, 0.25) is 0 Å². The number of carbonyl (C=O) groups excluding carboxylic acids is 1. The molecule has 21 heavy (non-hydrogen) atoms. The SMILES string of the molecule is COC(=O)COc1ccc(C=C(C#N)C#N)cc1[N+](=O)[O-]. The molecule has 0 unspecified atom stereocenters. The van der Waals surface area contributed by atoms with E-state index in [2.05, 4.69) is 4.74 Å². The van der Waals surface area contributed by atoms with Crippen LogP contribution >= 0.6 is 0 Å². The summed E-state index contributed by atoms with van der Waals surface area (Å²) < 4.78 is 9.36. The van der Waals surface area contributed by atoms with Crippen LogP contribution in [-0.2, 0) is 9.53 Å². The van der Waals surface area contributed by atoms with Crippen LogP contribution in [0.1, 0.15) is 5.56 Å². The Labute approximate surface area is 119 Å². The monoisotopic (exact) mass is 287 g/mol. The molecule has 0 N–H and O–H groups in total. The predicted octanol–water partition coefficient (Wildman–Crippen LogP) is 1.58. The van der Waals surface area contributed by atoms with Crippen LogP contribution in [-0.4, -0.2) is 24.6 Å². The number of nitro benzene ring substituents is 1. The van der Waals surface area contributed by atoms with Crippen LogP contribution in [0.15, 0.2) is 23.8 Å². The van der Waals surface area contributed by atoms with E-state index in [1.54, 1.807) is 12.1 Å². The average Bonchev–Trinajstić information content (AvgIpc) is 2.50. The van der Waals surface area contributed by atoms with Crippen molar-refractivity contribution in [3.63, 3.8) is 0 Å². The number of nitrogens with zero attached hydrogens (tertiary/aromatic N) is 3. The zero-order chi connectivity index (χ0) is 15.8. The van der Waals surface area contributed by atoms with Crippen LogP contribution in [0.2, 0.25) is 0 Å². The molecular formula is C13H9N3O5. The smallest absolute Gasteiger partial charge is 0.343 e. The highest BCUT2D eigenvalue weighted by molar-refractivity contribution is 5.71. The van der Waals surface area contributed by atoms with E-state index >= 15 is 0 Å².